The third-order valence-corrected chi connectivity index (χ3v) is 4.23. The highest BCUT2D eigenvalue weighted by molar-refractivity contribution is 5.05. The Morgan fingerprint density at radius 1 is 1.44 bits per heavy atom. The van der Waals surface area contributed by atoms with Crippen LogP contribution in [-0.2, 0) is 0 Å². The van der Waals surface area contributed by atoms with Crippen molar-refractivity contribution in [2.75, 3.05) is 13.1 Å². The number of likely N-dealkylation sites (tertiary alicyclic amines) is 1. The first-order valence-electron chi connectivity index (χ1n) is 7.48. The van der Waals surface area contributed by atoms with Crippen LogP contribution in [0.5, 0.6) is 0 Å². The molecule has 3 unspecified atom stereocenters. The number of nitrogens with zero attached hydrogens (tertiary/aromatic N) is 2. The summed E-state index contributed by atoms with van der Waals surface area (Å²) >= 11 is 0. The summed E-state index contributed by atoms with van der Waals surface area (Å²) < 4.78 is 0. The third-order valence-electron chi connectivity index (χ3n) is 4.23. The van der Waals surface area contributed by atoms with Crippen molar-refractivity contribution in [3.8, 4) is 6.07 Å². The Morgan fingerprint density at radius 2 is 2.17 bits per heavy atom. The lowest BCUT2D eigenvalue weighted by Crippen LogP contribution is -2.51. The molecule has 0 radical (unpaired) electrons. The van der Waals surface area contributed by atoms with E-state index in [4.69, 9.17) is 0 Å². The Bertz CT molecular complexity index is 284. The average Bonchev–Trinajstić information content (AvgIpc) is 2.38. The normalized spacial score (nSPS) is 26.3. The first kappa shape index (κ1) is 15.5. The van der Waals surface area contributed by atoms with Crippen LogP contribution in [-0.4, -0.2) is 35.6 Å². The van der Waals surface area contributed by atoms with Crippen LogP contribution in [0.1, 0.15) is 59.8 Å². The Labute approximate surface area is 113 Å². The minimum atomic E-state index is -0.385. The molecule has 3 atom stereocenters. The van der Waals surface area contributed by atoms with Crippen LogP contribution in [0.3, 0.4) is 0 Å². The molecule has 1 saturated heterocycles. The molecule has 1 fully saturated rings. The van der Waals surface area contributed by atoms with E-state index in [-0.39, 0.29) is 5.54 Å². The molecule has 0 aromatic heterocycles. The van der Waals surface area contributed by atoms with Gasteiger partial charge in [0.2, 0.25) is 0 Å². The lowest BCUT2D eigenvalue weighted by Gasteiger charge is -2.41. The van der Waals surface area contributed by atoms with Gasteiger partial charge in [-0.25, -0.2) is 0 Å². The van der Waals surface area contributed by atoms with Crippen LogP contribution in [0.4, 0.5) is 0 Å². The zero-order valence-corrected chi connectivity index (χ0v) is 12.5. The van der Waals surface area contributed by atoms with Crippen molar-refractivity contribution in [1.82, 2.24) is 10.2 Å². The van der Waals surface area contributed by atoms with Crippen LogP contribution in [0, 0.1) is 11.3 Å². The molecule has 1 aliphatic heterocycles. The summed E-state index contributed by atoms with van der Waals surface area (Å²) in [6.07, 6.45) is 6.14. The van der Waals surface area contributed by atoms with Crippen LogP contribution in [0.15, 0.2) is 0 Å². The van der Waals surface area contributed by atoms with Crippen molar-refractivity contribution < 1.29 is 0 Å². The lowest BCUT2D eigenvalue weighted by atomic mass is 9.91. The van der Waals surface area contributed by atoms with Crippen molar-refractivity contribution in [2.24, 2.45) is 0 Å². The summed E-state index contributed by atoms with van der Waals surface area (Å²) in [5.74, 6) is 0. The summed E-state index contributed by atoms with van der Waals surface area (Å²) in [5, 5.41) is 12.7. The second-order valence-corrected chi connectivity index (χ2v) is 5.82. The first-order chi connectivity index (χ1) is 8.56. The molecule has 0 bridgehead atoms. The molecular weight excluding hydrogens is 222 g/mol. The predicted octanol–water partition coefficient (Wildman–Crippen LogP) is 2.92. The minimum Gasteiger partial charge on any atom is -0.300 e. The fourth-order valence-electron chi connectivity index (χ4n) is 3.30. The van der Waals surface area contributed by atoms with Crippen molar-refractivity contribution in [3.63, 3.8) is 0 Å². The maximum atomic E-state index is 9.36. The first-order valence-corrected chi connectivity index (χ1v) is 7.48. The predicted molar refractivity (Wildman–Crippen MR) is 76.4 cm³/mol. The van der Waals surface area contributed by atoms with Gasteiger partial charge >= 0.3 is 0 Å². The molecule has 1 N–H and O–H groups in total. The summed E-state index contributed by atoms with van der Waals surface area (Å²) in [4.78, 5) is 2.62. The van der Waals surface area contributed by atoms with Gasteiger partial charge in [-0.05, 0) is 52.6 Å². The maximum absolute atomic E-state index is 9.36. The van der Waals surface area contributed by atoms with Crippen LogP contribution in [0.25, 0.3) is 0 Å². The Balaban J connectivity index is 2.62. The van der Waals surface area contributed by atoms with Crippen LogP contribution < -0.4 is 5.32 Å². The smallest absolute Gasteiger partial charge is 0.105 e. The minimum absolute atomic E-state index is 0.385. The highest BCUT2D eigenvalue weighted by Crippen LogP contribution is 2.25. The van der Waals surface area contributed by atoms with Gasteiger partial charge in [0.15, 0.2) is 0 Å². The Hall–Kier alpha value is -0.590. The number of hydrogen-bond donors (Lipinski definition) is 1. The van der Waals surface area contributed by atoms with Crippen molar-refractivity contribution >= 4 is 0 Å². The standard InChI is InChI=1S/C15H29N3/c1-5-14-9-7-8-10-18(14)13(3)11-15(4,12-16)17-6-2/h13-14,17H,5-11H2,1-4H3. The number of nitriles is 1. The molecule has 1 rings (SSSR count). The van der Waals surface area contributed by atoms with Gasteiger partial charge in [0, 0.05) is 12.1 Å². The molecule has 0 spiro atoms. The lowest BCUT2D eigenvalue weighted by molar-refractivity contribution is 0.0851. The number of rotatable bonds is 6. The summed E-state index contributed by atoms with van der Waals surface area (Å²) in [5.41, 5.74) is -0.385. The molecule has 0 aliphatic carbocycles. The fourth-order valence-corrected chi connectivity index (χ4v) is 3.30. The summed E-state index contributed by atoms with van der Waals surface area (Å²) in [6, 6.07) is 3.65. The van der Waals surface area contributed by atoms with E-state index in [1.165, 1.54) is 32.2 Å². The summed E-state index contributed by atoms with van der Waals surface area (Å²) in [6.45, 7) is 10.7. The fraction of sp³-hybridized carbons (Fsp3) is 0.933. The van der Waals surface area contributed by atoms with Crippen molar-refractivity contribution in [3.05, 3.63) is 0 Å². The zero-order chi connectivity index (χ0) is 13.6. The van der Waals surface area contributed by atoms with E-state index in [9.17, 15) is 5.26 Å². The molecule has 104 valence electrons. The van der Waals surface area contributed by atoms with E-state index in [0.717, 1.165) is 19.0 Å². The molecule has 3 heteroatoms. The van der Waals surface area contributed by atoms with E-state index in [1.54, 1.807) is 0 Å². The maximum Gasteiger partial charge on any atom is 0.105 e. The largest absolute Gasteiger partial charge is 0.300 e. The van der Waals surface area contributed by atoms with Crippen LogP contribution >= 0.6 is 0 Å². The van der Waals surface area contributed by atoms with Gasteiger partial charge in [0.1, 0.15) is 5.54 Å². The second-order valence-electron chi connectivity index (χ2n) is 5.82. The van der Waals surface area contributed by atoms with Gasteiger partial charge in [-0.15, -0.1) is 0 Å². The van der Waals surface area contributed by atoms with E-state index in [2.05, 4.69) is 37.1 Å². The summed E-state index contributed by atoms with van der Waals surface area (Å²) in [7, 11) is 0. The Kier molecular flexibility index (Phi) is 6.11. The molecule has 0 aromatic carbocycles. The zero-order valence-electron chi connectivity index (χ0n) is 12.5. The van der Waals surface area contributed by atoms with E-state index >= 15 is 0 Å². The topological polar surface area (TPSA) is 39.1 Å². The molecule has 1 aliphatic rings. The molecule has 0 aromatic rings. The molecule has 0 saturated carbocycles. The second kappa shape index (κ2) is 7.11. The van der Waals surface area contributed by atoms with Gasteiger partial charge in [-0.3, -0.25) is 10.2 Å². The average molecular weight is 251 g/mol. The monoisotopic (exact) mass is 251 g/mol. The highest BCUT2D eigenvalue weighted by Gasteiger charge is 2.31. The van der Waals surface area contributed by atoms with Crippen molar-refractivity contribution in [1.29, 1.82) is 5.26 Å². The van der Waals surface area contributed by atoms with E-state index in [0.29, 0.717) is 6.04 Å². The van der Waals surface area contributed by atoms with Gasteiger partial charge in [-0.1, -0.05) is 20.3 Å². The van der Waals surface area contributed by atoms with Crippen LogP contribution in [0.2, 0.25) is 0 Å². The molecule has 18 heavy (non-hydrogen) atoms. The number of piperidine rings is 1. The van der Waals surface area contributed by atoms with E-state index < -0.39 is 0 Å². The van der Waals surface area contributed by atoms with Gasteiger partial charge in [-0.2, -0.15) is 5.26 Å². The number of hydrogen-bond acceptors (Lipinski definition) is 3. The Morgan fingerprint density at radius 3 is 2.72 bits per heavy atom. The van der Waals surface area contributed by atoms with Gasteiger partial charge in [0.25, 0.3) is 0 Å². The molecule has 1 heterocycles. The third kappa shape index (κ3) is 3.96. The number of nitrogens with one attached hydrogen (secondary N) is 1. The molecular formula is C15H29N3. The quantitative estimate of drug-likeness (QED) is 0.789. The van der Waals surface area contributed by atoms with Gasteiger partial charge < -0.3 is 0 Å². The SMILES string of the molecule is CCNC(C)(C#N)CC(C)N1CCCCC1CC. The van der Waals surface area contributed by atoms with Crippen molar-refractivity contribution in [2.45, 2.75) is 77.4 Å². The van der Waals surface area contributed by atoms with Gasteiger partial charge in [0.05, 0.1) is 6.07 Å². The highest BCUT2D eigenvalue weighted by atomic mass is 15.2. The van der Waals surface area contributed by atoms with E-state index in [1.807, 2.05) is 6.92 Å². The molecule has 0 amide bonds. The molecule has 3 nitrogen and oxygen atoms in total.